The fourth-order valence-electron chi connectivity index (χ4n) is 3.79. The Labute approximate surface area is 170 Å². The topological polar surface area (TPSA) is 92.5 Å². The molecule has 0 radical (unpaired) electrons. The van der Waals surface area contributed by atoms with E-state index in [9.17, 15) is 17.6 Å². The van der Waals surface area contributed by atoms with E-state index in [1.807, 2.05) is 6.92 Å². The lowest BCUT2D eigenvalue weighted by atomic mass is 9.85. The summed E-state index contributed by atoms with van der Waals surface area (Å²) in [5.41, 5.74) is 0.791. The first-order valence-corrected chi connectivity index (χ1v) is 11.1. The van der Waals surface area contributed by atoms with Crippen LogP contribution in [0.5, 0.6) is 0 Å². The van der Waals surface area contributed by atoms with Crippen LogP contribution in [0.25, 0.3) is 0 Å². The van der Waals surface area contributed by atoms with Gasteiger partial charge in [-0.05, 0) is 38.7 Å². The fraction of sp³-hybridized carbons (Fsp3) is 0.500. The quantitative estimate of drug-likeness (QED) is 0.771. The lowest BCUT2D eigenvalue weighted by molar-refractivity contribution is -0.126. The molecule has 2 aromatic rings. The molecule has 0 bridgehead atoms. The van der Waals surface area contributed by atoms with Gasteiger partial charge in [-0.3, -0.25) is 4.79 Å². The number of aromatic nitrogens is 1. The van der Waals surface area contributed by atoms with Gasteiger partial charge in [0.25, 0.3) is 0 Å². The van der Waals surface area contributed by atoms with Gasteiger partial charge in [0.05, 0.1) is 0 Å². The third-order valence-electron chi connectivity index (χ3n) is 5.60. The zero-order valence-electron chi connectivity index (χ0n) is 16.8. The van der Waals surface area contributed by atoms with Gasteiger partial charge in [0.1, 0.15) is 16.4 Å². The fourth-order valence-corrected chi connectivity index (χ4v) is 5.55. The van der Waals surface area contributed by atoms with Crippen LogP contribution in [0, 0.1) is 31.5 Å². The summed E-state index contributed by atoms with van der Waals surface area (Å²) in [6.07, 6.45) is 1.16. The molecule has 158 valence electrons. The average molecular weight is 424 g/mol. The van der Waals surface area contributed by atoms with Crippen molar-refractivity contribution in [3.8, 4) is 0 Å². The number of aryl methyl sites for hydroxylation is 2. The van der Waals surface area contributed by atoms with E-state index in [2.05, 4.69) is 10.5 Å². The van der Waals surface area contributed by atoms with E-state index in [4.69, 9.17) is 4.52 Å². The molecule has 1 atom stereocenters. The number of carbonyl (C=O) groups is 1. The van der Waals surface area contributed by atoms with Crippen molar-refractivity contribution in [2.24, 2.45) is 11.8 Å². The maximum absolute atomic E-state index is 13.7. The van der Waals surface area contributed by atoms with Gasteiger partial charge < -0.3 is 9.84 Å². The number of hydrogen-bond acceptors (Lipinski definition) is 5. The molecule has 29 heavy (non-hydrogen) atoms. The summed E-state index contributed by atoms with van der Waals surface area (Å²) in [4.78, 5) is 12.6. The summed E-state index contributed by atoms with van der Waals surface area (Å²) in [5.74, 6) is -0.443. The molecule has 1 aliphatic heterocycles. The first kappa shape index (κ1) is 21.4. The van der Waals surface area contributed by atoms with Crippen molar-refractivity contribution >= 4 is 15.9 Å². The minimum Gasteiger partial charge on any atom is -0.360 e. The molecule has 3 rings (SSSR count). The molecule has 1 aromatic carbocycles. The minimum atomic E-state index is -3.67. The molecule has 9 heteroatoms. The normalized spacial score (nSPS) is 17.2. The monoisotopic (exact) mass is 423 g/mol. The predicted molar refractivity (Wildman–Crippen MR) is 105 cm³/mol. The molecule has 7 nitrogen and oxygen atoms in total. The third-order valence-corrected chi connectivity index (χ3v) is 7.74. The highest BCUT2D eigenvalue weighted by Gasteiger charge is 2.36. The summed E-state index contributed by atoms with van der Waals surface area (Å²) in [5, 5.41) is 6.52. The molecule has 1 fully saturated rings. The van der Waals surface area contributed by atoms with Crippen LogP contribution in [0.4, 0.5) is 4.39 Å². The van der Waals surface area contributed by atoms with Crippen LogP contribution in [0.3, 0.4) is 0 Å². The van der Waals surface area contributed by atoms with Gasteiger partial charge in [0, 0.05) is 31.1 Å². The van der Waals surface area contributed by atoms with E-state index in [0.29, 0.717) is 37.2 Å². The number of halogens is 1. The van der Waals surface area contributed by atoms with Crippen molar-refractivity contribution < 1.29 is 22.1 Å². The maximum atomic E-state index is 13.7. The third kappa shape index (κ3) is 4.51. The van der Waals surface area contributed by atoms with Crippen molar-refractivity contribution in [2.45, 2.75) is 45.1 Å². The number of carbonyl (C=O) groups excluding carboxylic acids is 1. The number of amides is 1. The van der Waals surface area contributed by atoms with Gasteiger partial charge in [0.2, 0.25) is 15.9 Å². The lowest BCUT2D eigenvalue weighted by Crippen LogP contribution is -2.42. The first-order valence-electron chi connectivity index (χ1n) is 9.66. The smallest absolute Gasteiger partial charge is 0.248 e. The number of benzene rings is 1. The van der Waals surface area contributed by atoms with E-state index in [1.54, 1.807) is 32.0 Å². The number of nitrogens with one attached hydrogen (secondary N) is 1. The highest BCUT2D eigenvalue weighted by Crippen LogP contribution is 2.30. The second-order valence-electron chi connectivity index (χ2n) is 7.49. The van der Waals surface area contributed by atoms with Crippen molar-refractivity contribution in [3.05, 3.63) is 47.1 Å². The molecular weight excluding hydrogens is 397 g/mol. The van der Waals surface area contributed by atoms with Crippen LogP contribution >= 0.6 is 0 Å². The molecule has 1 aliphatic rings. The molecule has 0 aliphatic carbocycles. The zero-order valence-corrected chi connectivity index (χ0v) is 17.6. The Morgan fingerprint density at radius 2 is 1.97 bits per heavy atom. The van der Waals surface area contributed by atoms with Crippen molar-refractivity contribution in [2.75, 3.05) is 13.1 Å². The molecule has 1 amide bonds. The Bertz CT molecular complexity index is 962. The van der Waals surface area contributed by atoms with Gasteiger partial charge in [-0.2, -0.15) is 4.31 Å². The van der Waals surface area contributed by atoms with Gasteiger partial charge in [0.15, 0.2) is 5.76 Å². The lowest BCUT2D eigenvalue weighted by Gasteiger charge is -2.33. The zero-order chi connectivity index (χ0) is 21.2. The summed E-state index contributed by atoms with van der Waals surface area (Å²) in [6, 6.07) is 6.33. The van der Waals surface area contributed by atoms with Crippen LogP contribution in [-0.2, 0) is 21.4 Å². The first-order chi connectivity index (χ1) is 13.7. The van der Waals surface area contributed by atoms with Crippen molar-refractivity contribution in [1.82, 2.24) is 14.8 Å². The van der Waals surface area contributed by atoms with Gasteiger partial charge in [-0.25, -0.2) is 12.8 Å². The van der Waals surface area contributed by atoms with E-state index < -0.39 is 10.0 Å². The summed E-state index contributed by atoms with van der Waals surface area (Å²) >= 11 is 0. The summed E-state index contributed by atoms with van der Waals surface area (Å²) in [7, 11) is -3.67. The molecule has 0 spiro atoms. The highest BCUT2D eigenvalue weighted by molar-refractivity contribution is 7.89. The predicted octanol–water partition coefficient (Wildman–Crippen LogP) is 2.78. The summed E-state index contributed by atoms with van der Waals surface area (Å²) in [6.45, 7) is 5.83. The van der Waals surface area contributed by atoms with Gasteiger partial charge >= 0.3 is 0 Å². The van der Waals surface area contributed by atoms with E-state index >= 15 is 0 Å². The van der Waals surface area contributed by atoms with Crippen molar-refractivity contribution in [3.63, 3.8) is 0 Å². The Kier molecular flexibility index (Phi) is 6.38. The van der Waals surface area contributed by atoms with E-state index in [0.717, 1.165) is 0 Å². The van der Waals surface area contributed by atoms with Crippen LogP contribution in [0.2, 0.25) is 0 Å². The highest BCUT2D eigenvalue weighted by atomic mass is 32.2. The molecule has 1 N–H and O–H groups in total. The Morgan fingerprint density at radius 1 is 1.31 bits per heavy atom. The second kappa shape index (κ2) is 8.62. The van der Waals surface area contributed by atoms with Crippen LogP contribution in [-0.4, -0.2) is 36.9 Å². The largest absolute Gasteiger partial charge is 0.360 e. The SMILES string of the molecule is Cc1noc(C)c1S(=O)(=O)N1CCC([C@H](C)C(=O)NCc2ccccc2F)CC1. The molecule has 1 aromatic heterocycles. The number of piperidine rings is 1. The molecule has 0 unspecified atom stereocenters. The Morgan fingerprint density at radius 3 is 2.55 bits per heavy atom. The van der Waals surface area contributed by atoms with Gasteiger partial charge in [-0.1, -0.05) is 30.3 Å². The Balaban J connectivity index is 1.57. The Hall–Kier alpha value is -2.26. The van der Waals surface area contributed by atoms with Crippen LogP contribution in [0.1, 0.15) is 36.8 Å². The number of nitrogens with zero attached hydrogens (tertiary/aromatic N) is 2. The molecule has 0 saturated carbocycles. The molecular formula is C20H26FN3O4S. The van der Waals surface area contributed by atoms with Crippen LogP contribution < -0.4 is 5.32 Å². The number of rotatable bonds is 6. The van der Waals surface area contributed by atoms with Crippen LogP contribution in [0.15, 0.2) is 33.7 Å². The number of sulfonamides is 1. The molecule has 2 heterocycles. The number of hydrogen-bond donors (Lipinski definition) is 1. The van der Waals surface area contributed by atoms with E-state index in [1.165, 1.54) is 10.4 Å². The minimum absolute atomic E-state index is 0.0618. The van der Waals surface area contributed by atoms with Crippen molar-refractivity contribution in [1.29, 1.82) is 0 Å². The molecule has 1 saturated heterocycles. The van der Waals surface area contributed by atoms with Gasteiger partial charge in [-0.15, -0.1) is 0 Å². The summed E-state index contributed by atoms with van der Waals surface area (Å²) < 4.78 is 45.9. The average Bonchev–Trinajstić information content (AvgIpc) is 3.05. The standard InChI is InChI=1S/C20H26FN3O4S/c1-13(20(25)22-12-17-6-4-5-7-18(17)21)16-8-10-24(11-9-16)29(26,27)19-14(2)23-28-15(19)3/h4-7,13,16H,8-12H2,1-3H3,(H,22,25)/t13-/m0/s1. The second-order valence-corrected chi connectivity index (χ2v) is 9.37. The van der Waals surface area contributed by atoms with E-state index in [-0.39, 0.29) is 40.8 Å². The maximum Gasteiger partial charge on any atom is 0.248 e.